The molecule has 4 rings (SSSR count). The lowest BCUT2D eigenvalue weighted by atomic mass is 9.87. The molecule has 1 aliphatic carbocycles. The van der Waals surface area contributed by atoms with Crippen molar-refractivity contribution in [2.45, 2.75) is 37.3 Å². The third-order valence-corrected chi connectivity index (χ3v) is 5.33. The van der Waals surface area contributed by atoms with Gasteiger partial charge in [-0.3, -0.25) is 9.78 Å². The minimum absolute atomic E-state index is 0.0627. The Hall–Kier alpha value is -3.40. The van der Waals surface area contributed by atoms with Crippen molar-refractivity contribution in [2.24, 2.45) is 11.5 Å². The summed E-state index contributed by atoms with van der Waals surface area (Å²) in [5, 5.41) is 6.19. The van der Waals surface area contributed by atoms with Gasteiger partial charge in [-0.25, -0.2) is 18.2 Å². The molecule has 2 heterocycles. The minimum atomic E-state index is -3.12. The van der Waals surface area contributed by atoms with Gasteiger partial charge in [0.1, 0.15) is 11.9 Å². The van der Waals surface area contributed by atoms with E-state index in [2.05, 4.69) is 20.6 Å². The highest BCUT2D eigenvalue weighted by Crippen LogP contribution is 2.35. The largest absolute Gasteiger partial charge is 0.365 e. The molecule has 0 spiro atoms. The number of rotatable bonds is 5. The number of benzene rings is 1. The topological polar surface area (TPSA) is 119 Å². The van der Waals surface area contributed by atoms with Gasteiger partial charge < -0.3 is 22.1 Å². The fraction of sp³-hybridized carbons (Fsp3) is 0.286. The number of hydrogen-bond acceptors (Lipinski definition) is 6. The molecule has 1 aliphatic rings. The lowest BCUT2D eigenvalue weighted by Gasteiger charge is -2.36. The second-order valence-electron chi connectivity index (χ2n) is 7.55. The molecule has 31 heavy (non-hydrogen) atoms. The normalized spacial score (nSPS) is 20.4. The molecule has 10 heteroatoms. The summed E-state index contributed by atoms with van der Waals surface area (Å²) in [5.74, 6) is -5.50. The highest BCUT2D eigenvalue weighted by atomic mass is 19.3. The Balaban J connectivity index is 1.70. The van der Waals surface area contributed by atoms with Crippen LogP contribution in [0.1, 0.15) is 29.6 Å². The van der Waals surface area contributed by atoms with Crippen LogP contribution < -0.4 is 22.1 Å². The van der Waals surface area contributed by atoms with Crippen molar-refractivity contribution in [3.05, 3.63) is 54.0 Å². The van der Waals surface area contributed by atoms with Gasteiger partial charge >= 0.3 is 0 Å². The molecule has 1 fully saturated rings. The molecule has 0 bridgehead atoms. The number of pyridine rings is 2. The van der Waals surface area contributed by atoms with Crippen LogP contribution in [0.4, 0.5) is 30.5 Å². The number of anilines is 3. The predicted molar refractivity (Wildman–Crippen MR) is 112 cm³/mol. The van der Waals surface area contributed by atoms with Gasteiger partial charge in [0.2, 0.25) is 0 Å². The summed E-state index contributed by atoms with van der Waals surface area (Å²) >= 11 is 0. The van der Waals surface area contributed by atoms with Crippen LogP contribution >= 0.6 is 0 Å². The molecule has 7 nitrogen and oxygen atoms in total. The first kappa shape index (κ1) is 20.9. The number of aromatic nitrogens is 2. The number of hydrogen-bond donors (Lipinski definition) is 4. The number of halogens is 3. The number of nitrogens with one attached hydrogen (secondary N) is 2. The summed E-state index contributed by atoms with van der Waals surface area (Å²) in [5.41, 5.74) is 12.3. The zero-order valence-corrected chi connectivity index (χ0v) is 16.4. The lowest BCUT2D eigenvalue weighted by Crippen LogP contribution is -2.55. The van der Waals surface area contributed by atoms with Gasteiger partial charge in [0.25, 0.3) is 11.8 Å². The van der Waals surface area contributed by atoms with Gasteiger partial charge in [-0.1, -0.05) is 6.07 Å². The Morgan fingerprint density at radius 3 is 2.74 bits per heavy atom. The number of amides is 1. The van der Waals surface area contributed by atoms with Crippen molar-refractivity contribution in [3.63, 3.8) is 0 Å². The van der Waals surface area contributed by atoms with E-state index in [-0.39, 0.29) is 24.2 Å². The quantitative estimate of drug-likeness (QED) is 0.492. The van der Waals surface area contributed by atoms with E-state index < -0.39 is 35.5 Å². The fourth-order valence-corrected chi connectivity index (χ4v) is 3.73. The van der Waals surface area contributed by atoms with Gasteiger partial charge in [-0.2, -0.15) is 0 Å². The molecule has 0 radical (unpaired) electrons. The Morgan fingerprint density at radius 2 is 2.00 bits per heavy atom. The molecular formula is C21H21F3N6O. The van der Waals surface area contributed by atoms with Crippen molar-refractivity contribution < 1.29 is 18.0 Å². The summed E-state index contributed by atoms with van der Waals surface area (Å²) in [4.78, 5) is 20.1. The van der Waals surface area contributed by atoms with E-state index in [1.165, 1.54) is 0 Å². The van der Waals surface area contributed by atoms with Crippen LogP contribution in [0.2, 0.25) is 0 Å². The van der Waals surface area contributed by atoms with E-state index in [0.29, 0.717) is 12.1 Å². The monoisotopic (exact) mass is 430 g/mol. The maximum absolute atomic E-state index is 14.6. The van der Waals surface area contributed by atoms with Gasteiger partial charge in [0, 0.05) is 29.7 Å². The maximum Gasteiger partial charge on any atom is 0.269 e. The fourth-order valence-electron chi connectivity index (χ4n) is 3.73. The molecule has 0 unspecified atom stereocenters. The Morgan fingerprint density at radius 1 is 1.19 bits per heavy atom. The molecule has 2 atom stereocenters. The lowest BCUT2D eigenvalue weighted by molar-refractivity contribution is -0.0512. The maximum atomic E-state index is 14.6. The number of fused-ring (bicyclic) bond motifs is 1. The number of alkyl halides is 2. The zero-order chi connectivity index (χ0) is 22.2. The molecule has 162 valence electrons. The molecule has 1 amide bonds. The van der Waals surface area contributed by atoms with Crippen LogP contribution in [0.15, 0.2) is 42.6 Å². The molecule has 3 aromatic rings. The second-order valence-corrected chi connectivity index (χ2v) is 7.55. The van der Waals surface area contributed by atoms with Gasteiger partial charge in [-0.05, 0) is 43.2 Å². The summed E-state index contributed by atoms with van der Waals surface area (Å²) in [7, 11) is 0. The van der Waals surface area contributed by atoms with Crippen LogP contribution in [0.25, 0.3) is 10.9 Å². The van der Waals surface area contributed by atoms with E-state index in [0.717, 1.165) is 17.0 Å². The van der Waals surface area contributed by atoms with Gasteiger partial charge in [0.05, 0.1) is 11.1 Å². The molecule has 2 aromatic heterocycles. The summed E-state index contributed by atoms with van der Waals surface area (Å²) in [6.07, 6.45) is 1.97. The number of nitrogens with two attached hydrogens (primary N) is 2. The van der Waals surface area contributed by atoms with Gasteiger partial charge in [0.15, 0.2) is 11.6 Å². The van der Waals surface area contributed by atoms with Crippen molar-refractivity contribution in [3.8, 4) is 0 Å². The minimum Gasteiger partial charge on any atom is -0.365 e. The van der Waals surface area contributed by atoms with Crippen LogP contribution in [0.3, 0.4) is 0 Å². The number of nitrogens with zero attached hydrogens (tertiary/aromatic N) is 2. The first-order chi connectivity index (χ1) is 14.7. The first-order valence-electron chi connectivity index (χ1n) is 9.77. The van der Waals surface area contributed by atoms with E-state index in [9.17, 15) is 18.0 Å². The highest BCUT2D eigenvalue weighted by molar-refractivity contribution is 5.99. The zero-order valence-electron chi connectivity index (χ0n) is 16.4. The molecule has 0 saturated heterocycles. The van der Waals surface area contributed by atoms with Crippen LogP contribution in [-0.2, 0) is 0 Å². The number of carbonyl (C=O) groups excluding carboxylic acids is 1. The SMILES string of the molecule is NC(=O)c1cc(F)c(N[C@H]2[C@@H](N)CCCC2(F)F)nc1Nc1ccc2ncccc2c1. The Bertz CT molecular complexity index is 1140. The second kappa shape index (κ2) is 8.03. The Kier molecular flexibility index (Phi) is 5.40. The van der Waals surface area contributed by atoms with Crippen LogP contribution in [-0.4, -0.2) is 33.9 Å². The number of carbonyl (C=O) groups is 1. The molecule has 1 aromatic carbocycles. The molecular weight excluding hydrogens is 409 g/mol. The summed E-state index contributed by atoms with van der Waals surface area (Å²) in [6.45, 7) is 0. The molecule has 0 aliphatic heterocycles. The van der Waals surface area contributed by atoms with Crippen LogP contribution in [0.5, 0.6) is 0 Å². The van der Waals surface area contributed by atoms with E-state index in [4.69, 9.17) is 11.5 Å². The van der Waals surface area contributed by atoms with Crippen molar-refractivity contribution >= 4 is 34.1 Å². The van der Waals surface area contributed by atoms with E-state index >= 15 is 0 Å². The van der Waals surface area contributed by atoms with Crippen LogP contribution in [0, 0.1) is 5.82 Å². The third-order valence-electron chi connectivity index (χ3n) is 5.33. The molecule has 1 saturated carbocycles. The summed E-state index contributed by atoms with van der Waals surface area (Å²) in [6, 6.07) is 7.35. The highest BCUT2D eigenvalue weighted by Gasteiger charge is 2.46. The molecule has 6 N–H and O–H groups in total. The smallest absolute Gasteiger partial charge is 0.269 e. The summed E-state index contributed by atoms with van der Waals surface area (Å²) < 4.78 is 43.3. The van der Waals surface area contributed by atoms with E-state index in [1.54, 1.807) is 30.5 Å². The van der Waals surface area contributed by atoms with Gasteiger partial charge in [-0.15, -0.1) is 0 Å². The standard InChI is InChI=1S/C21H21F3N6O/c22-14-10-13(18(26)31)19(28-12-5-6-16-11(9-12)3-2-8-27-16)30-20(14)29-17-15(25)4-1-7-21(17,23)24/h2-3,5-6,8-10,15,17H,1,4,7,25H2,(H2,26,31)(H2,28,29,30)/t15-,17-/m0/s1. The van der Waals surface area contributed by atoms with E-state index in [1.807, 2.05) is 6.07 Å². The third kappa shape index (κ3) is 4.24. The average Bonchev–Trinajstić information content (AvgIpc) is 2.72. The predicted octanol–water partition coefficient (Wildman–Crippen LogP) is 3.54. The van der Waals surface area contributed by atoms with Crippen molar-refractivity contribution in [2.75, 3.05) is 10.6 Å². The van der Waals surface area contributed by atoms with Crippen molar-refractivity contribution in [1.29, 1.82) is 0 Å². The first-order valence-corrected chi connectivity index (χ1v) is 9.77. The Labute approximate surface area is 176 Å². The number of primary amides is 1. The average molecular weight is 430 g/mol. The van der Waals surface area contributed by atoms with Crippen molar-refractivity contribution in [1.82, 2.24) is 9.97 Å².